The van der Waals surface area contributed by atoms with Crippen LogP contribution in [0.1, 0.15) is 51.9 Å². The molecule has 12 heteroatoms. The van der Waals surface area contributed by atoms with Gasteiger partial charge >= 0.3 is 6.09 Å². The fraction of sp³-hybridized carbons (Fsp3) is 0.704. The van der Waals surface area contributed by atoms with E-state index in [9.17, 15) is 13.2 Å². The number of nitrogens with one attached hydrogen (secondary N) is 2. The third-order valence-electron chi connectivity index (χ3n) is 8.80. The molecule has 3 bridgehead atoms. The van der Waals surface area contributed by atoms with E-state index in [1.807, 2.05) is 0 Å². The number of amides is 1. The maximum atomic E-state index is 13.8. The van der Waals surface area contributed by atoms with Crippen LogP contribution in [0.3, 0.4) is 0 Å². The van der Waals surface area contributed by atoms with E-state index in [-0.39, 0.29) is 34.7 Å². The molecule has 39 heavy (non-hydrogen) atoms. The number of anilines is 1. The molecule has 212 valence electrons. The molecule has 2 N–H and O–H groups in total. The first-order chi connectivity index (χ1) is 18.8. The van der Waals surface area contributed by atoms with Crippen molar-refractivity contribution >= 4 is 42.8 Å². The molecule has 2 aliphatic heterocycles. The van der Waals surface area contributed by atoms with Gasteiger partial charge in [0.05, 0.1) is 27.8 Å². The second kappa shape index (κ2) is 9.83. The highest BCUT2D eigenvalue weighted by Gasteiger charge is 2.53. The molecule has 2 saturated heterocycles. The molecule has 1 amide bonds. The highest BCUT2D eigenvalue weighted by Crippen LogP contribution is 2.47. The van der Waals surface area contributed by atoms with Gasteiger partial charge in [0.2, 0.25) is 10.0 Å². The lowest BCUT2D eigenvalue weighted by Crippen LogP contribution is -2.46. The standard InChI is InChI=1S/C27H36N4O6S2/c1-27(7-8-27)15-31(39(33,34)19-5-6-20-22(13-19)38-25(30-20)29-18-3-4-18)10-2-9-28-26(32)37-23-17-11-16-12-21(23)36-24(16)35-14-17/h5-6,13,16-18,21,23-24H,2-4,7-12,14-15H2,1H3,(H,28,32)(H,29,30). The Bertz CT molecular complexity index is 1350. The summed E-state index contributed by atoms with van der Waals surface area (Å²) in [6, 6.07) is 5.69. The summed E-state index contributed by atoms with van der Waals surface area (Å²) < 4.78 is 47.4. The summed E-state index contributed by atoms with van der Waals surface area (Å²) in [6.45, 7) is 3.82. The number of ether oxygens (including phenoxy) is 3. The lowest BCUT2D eigenvalue weighted by Gasteiger charge is -2.36. The Morgan fingerprint density at radius 3 is 2.90 bits per heavy atom. The molecular weight excluding hydrogens is 540 g/mol. The SMILES string of the molecule is CC1(CN(CCCNC(=O)OC2C3COC4OC2CC4C3)S(=O)(=O)c2ccc3nc(NC4CC4)sc3c2)CC1. The highest BCUT2D eigenvalue weighted by atomic mass is 32.2. The van der Waals surface area contributed by atoms with Crippen molar-refractivity contribution in [3.63, 3.8) is 0 Å². The van der Waals surface area contributed by atoms with Crippen LogP contribution in [0, 0.1) is 17.3 Å². The van der Waals surface area contributed by atoms with E-state index in [1.54, 1.807) is 22.5 Å². The topological polar surface area (TPSA) is 119 Å². The molecule has 0 spiro atoms. The van der Waals surface area contributed by atoms with Crippen molar-refractivity contribution in [2.24, 2.45) is 17.3 Å². The normalized spacial score (nSPS) is 30.6. The van der Waals surface area contributed by atoms with Gasteiger partial charge in [-0.15, -0.1) is 0 Å². The van der Waals surface area contributed by atoms with E-state index in [2.05, 4.69) is 22.5 Å². The summed E-state index contributed by atoms with van der Waals surface area (Å²) in [4.78, 5) is 17.5. The molecule has 10 nitrogen and oxygen atoms in total. The summed E-state index contributed by atoms with van der Waals surface area (Å²) in [7, 11) is -3.71. The summed E-state index contributed by atoms with van der Waals surface area (Å²) in [5, 5.41) is 7.07. The molecule has 3 heterocycles. The Balaban J connectivity index is 0.974. The van der Waals surface area contributed by atoms with Crippen molar-refractivity contribution in [1.82, 2.24) is 14.6 Å². The fourth-order valence-corrected chi connectivity index (χ4v) is 8.81. The van der Waals surface area contributed by atoms with Crippen LogP contribution in [-0.2, 0) is 24.2 Å². The van der Waals surface area contributed by atoms with E-state index in [1.165, 1.54) is 11.3 Å². The number of rotatable bonds is 11. The molecule has 7 rings (SSSR count). The maximum Gasteiger partial charge on any atom is 0.407 e. The Hall–Kier alpha value is -1.99. The summed E-state index contributed by atoms with van der Waals surface area (Å²) in [5.74, 6) is 0.589. The molecule has 1 aromatic heterocycles. The first kappa shape index (κ1) is 25.9. The molecule has 5 atom stereocenters. The fourth-order valence-electron chi connectivity index (χ4n) is 6.09. The zero-order valence-electron chi connectivity index (χ0n) is 22.1. The van der Waals surface area contributed by atoms with E-state index in [4.69, 9.17) is 14.2 Å². The van der Waals surface area contributed by atoms with Gasteiger partial charge in [-0.3, -0.25) is 0 Å². The predicted octanol–water partition coefficient (Wildman–Crippen LogP) is 3.93. The van der Waals surface area contributed by atoms with Crippen molar-refractivity contribution < 1.29 is 27.4 Å². The first-order valence-corrected chi connectivity index (χ1v) is 16.4. The molecule has 5 fully saturated rings. The molecule has 2 aromatic rings. The number of carbonyl (C=O) groups excluding carboxylic acids is 1. The zero-order valence-corrected chi connectivity index (χ0v) is 23.8. The third kappa shape index (κ3) is 5.38. The number of benzene rings is 1. The maximum absolute atomic E-state index is 13.8. The van der Waals surface area contributed by atoms with Crippen molar-refractivity contribution in [2.45, 2.75) is 81.3 Å². The van der Waals surface area contributed by atoms with Gasteiger partial charge < -0.3 is 24.8 Å². The second-order valence-corrected chi connectivity index (χ2v) is 15.2. The van der Waals surface area contributed by atoms with Crippen LogP contribution in [-0.4, -0.2) is 74.6 Å². The van der Waals surface area contributed by atoms with Crippen LogP contribution >= 0.6 is 11.3 Å². The van der Waals surface area contributed by atoms with Crippen molar-refractivity contribution in [3.05, 3.63) is 18.2 Å². The summed E-state index contributed by atoms with van der Waals surface area (Å²) >= 11 is 1.50. The van der Waals surface area contributed by atoms with E-state index >= 15 is 0 Å². The number of nitrogens with zero attached hydrogens (tertiary/aromatic N) is 2. The van der Waals surface area contributed by atoms with Crippen LogP contribution in [0.25, 0.3) is 10.2 Å². The molecule has 3 saturated carbocycles. The molecule has 5 aliphatic rings. The number of hydrogen-bond donors (Lipinski definition) is 2. The predicted molar refractivity (Wildman–Crippen MR) is 146 cm³/mol. The van der Waals surface area contributed by atoms with Gasteiger partial charge in [0.25, 0.3) is 0 Å². The summed E-state index contributed by atoms with van der Waals surface area (Å²) in [5.41, 5.74) is 0.818. The Morgan fingerprint density at radius 2 is 2.10 bits per heavy atom. The minimum absolute atomic E-state index is 0.0106. The molecule has 5 unspecified atom stereocenters. The number of thiazole rings is 1. The smallest absolute Gasteiger partial charge is 0.407 e. The molecule has 3 aliphatic carbocycles. The number of fused-ring (bicyclic) bond motifs is 3. The lowest BCUT2D eigenvalue weighted by molar-refractivity contribution is -0.153. The van der Waals surface area contributed by atoms with Crippen molar-refractivity contribution in [3.8, 4) is 0 Å². The van der Waals surface area contributed by atoms with E-state index < -0.39 is 16.1 Å². The number of carbonyl (C=O) groups is 1. The van der Waals surface area contributed by atoms with Crippen molar-refractivity contribution in [2.75, 3.05) is 31.6 Å². The number of hydrogen-bond acceptors (Lipinski definition) is 9. The Kier molecular flexibility index (Phi) is 6.54. The van der Waals surface area contributed by atoms with Gasteiger partial charge in [0, 0.05) is 37.5 Å². The van der Waals surface area contributed by atoms with Crippen molar-refractivity contribution in [1.29, 1.82) is 0 Å². The van der Waals surface area contributed by atoms with Crippen LogP contribution in [0.5, 0.6) is 0 Å². The quantitative estimate of drug-likeness (QED) is 0.387. The van der Waals surface area contributed by atoms with E-state index in [0.29, 0.717) is 44.6 Å². The average molecular weight is 577 g/mol. The number of aromatic nitrogens is 1. The van der Waals surface area contributed by atoms with Gasteiger partial charge in [0.15, 0.2) is 11.4 Å². The Labute approximate surface area is 232 Å². The Morgan fingerprint density at radius 1 is 1.26 bits per heavy atom. The third-order valence-corrected chi connectivity index (χ3v) is 11.6. The second-order valence-electron chi connectivity index (χ2n) is 12.2. The number of alkyl carbamates (subject to hydrolysis) is 1. The lowest BCUT2D eigenvalue weighted by atomic mass is 9.78. The first-order valence-electron chi connectivity index (χ1n) is 14.1. The molecule has 1 aromatic carbocycles. The van der Waals surface area contributed by atoms with Crippen LogP contribution < -0.4 is 10.6 Å². The molecular formula is C27H36N4O6S2. The largest absolute Gasteiger partial charge is 0.443 e. The minimum atomic E-state index is -3.71. The number of sulfonamides is 1. The zero-order chi connectivity index (χ0) is 26.8. The van der Waals surface area contributed by atoms with Crippen LogP contribution in [0.15, 0.2) is 23.1 Å². The highest BCUT2D eigenvalue weighted by molar-refractivity contribution is 7.89. The minimum Gasteiger partial charge on any atom is -0.443 e. The van der Waals surface area contributed by atoms with Gasteiger partial charge in [-0.05, 0) is 68.6 Å². The monoisotopic (exact) mass is 576 g/mol. The van der Waals surface area contributed by atoms with Gasteiger partial charge in [0.1, 0.15) is 6.10 Å². The van der Waals surface area contributed by atoms with Crippen LogP contribution in [0.2, 0.25) is 0 Å². The molecule has 0 radical (unpaired) electrons. The summed E-state index contributed by atoms with van der Waals surface area (Å²) in [6.07, 6.45) is 5.66. The van der Waals surface area contributed by atoms with Gasteiger partial charge in [-0.1, -0.05) is 18.3 Å². The van der Waals surface area contributed by atoms with Gasteiger partial charge in [-0.25, -0.2) is 18.2 Å². The van der Waals surface area contributed by atoms with Gasteiger partial charge in [-0.2, -0.15) is 4.31 Å². The average Bonchev–Trinajstić information content (AvgIpc) is 3.80. The van der Waals surface area contributed by atoms with Crippen LogP contribution in [0.4, 0.5) is 9.93 Å². The van der Waals surface area contributed by atoms with E-state index in [0.717, 1.165) is 53.9 Å².